The number of carbonyl (C=O) groups is 1. The Morgan fingerprint density at radius 3 is 2.78 bits per heavy atom. The average Bonchev–Trinajstić information content (AvgIpc) is 2.34. The highest BCUT2D eigenvalue weighted by Gasteiger charge is 2.20. The Kier molecular flexibility index (Phi) is 4.59. The number of likely N-dealkylation sites (N-methyl/N-ethyl adjacent to an activating group) is 1. The van der Waals surface area contributed by atoms with E-state index in [9.17, 15) is 19.3 Å². The largest absolute Gasteiger partial charge is 0.370 e. The van der Waals surface area contributed by atoms with Crippen molar-refractivity contribution in [2.75, 3.05) is 25.5 Å². The molecule has 0 aliphatic rings. The number of nitrogens with zero attached hydrogens (tertiary/aromatic N) is 2. The van der Waals surface area contributed by atoms with Crippen LogP contribution in [0.5, 0.6) is 0 Å². The predicted octanol–water partition coefficient (Wildman–Crippen LogP) is 1.62. The molecule has 1 rings (SSSR count). The van der Waals surface area contributed by atoms with E-state index in [2.05, 4.69) is 5.32 Å². The molecule has 0 unspecified atom stereocenters. The molecule has 0 bridgehead atoms. The van der Waals surface area contributed by atoms with Crippen LogP contribution < -0.4 is 5.32 Å². The minimum Gasteiger partial charge on any atom is -0.370 e. The number of rotatable bonds is 5. The third-order valence-electron chi connectivity index (χ3n) is 2.50. The molecule has 0 spiro atoms. The van der Waals surface area contributed by atoms with Gasteiger partial charge in [0.1, 0.15) is 5.69 Å². The Hall–Kier alpha value is -2.18. The standard InChI is InChI=1S/C11H14FN3O3/c1-3-14(2)10(16)7-13-9-6-4-5-8(12)11(9)15(17)18/h4-6,13H,3,7H2,1-2H3. The van der Waals surface area contributed by atoms with E-state index < -0.39 is 16.4 Å². The maximum atomic E-state index is 13.3. The maximum Gasteiger partial charge on any atom is 0.327 e. The third-order valence-corrected chi connectivity index (χ3v) is 2.50. The maximum absolute atomic E-state index is 13.3. The van der Waals surface area contributed by atoms with E-state index in [0.29, 0.717) is 6.54 Å². The Labute approximate surface area is 104 Å². The van der Waals surface area contributed by atoms with Crippen LogP contribution in [0.3, 0.4) is 0 Å². The van der Waals surface area contributed by atoms with Crippen molar-refractivity contribution in [3.63, 3.8) is 0 Å². The van der Waals surface area contributed by atoms with Crippen LogP contribution >= 0.6 is 0 Å². The zero-order valence-corrected chi connectivity index (χ0v) is 10.1. The van der Waals surface area contributed by atoms with E-state index in [4.69, 9.17) is 0 Å². The number of hydrogen-bond donors (Lipinski definition) is 1. The molecule has 1 amide bonds. The second kappa shape index (κ2) is 5.95. The quantitative estimate of drug-likeness (QED) is 0.640. The predicted molar refractivity (Wildman–Crippen MR) is 64.9 cm³/mol. The van der Waals surface area contributed by atoms with Crippen LogP contribution in [0.25, 0.3) is 0 Å². The Balaban J connectivity index is 2.83. The zero-order valence-electron chi connectivity index (χ0n) is 10.1. The lowest BCUT2D eigenvalue weighted by Crippen LogP contribution is -2.32. The van der Waals surface area contributed by atoms with Gasteiger partial charge < -0.3 is 10.2 Å². The summed E-state index contributed by atoms with van der Waals surface area (Å²) in [5.74, 6) is -1.16. The van der Waals surface area contributed by atoms with Gasteiger partial charge in [-0.15, -0.1) is 0 Å². The third kappa shape index (κ3) is 3.16. The first-order valence-electron chi connectivity index (χ1n) is 5.38. The summed E-state index contributed by atoms with van der Waals surface area (Å²) in [5.41, 5.74) is -0.651. The molecule has 1 N–H and O–H groups in total. The molecule has 98 valence electrons. The number of anilines is 1. The fraction of sp³-hybridized carbons (Fsp3) is 0.364. The normalized spacial score (nSPS) is 9.94. The number of hydrogen-bond acceptors (Lipinski definition) is 4. The van der Waals surface area contributed by atoms with Crippen LogP contribution in [0.4, 0.5) is 15.8 Å². The Morgan fingerprint density at radius 2 is 2.22 bits per heavy atom. The summed E-state index contributed by atoms with van der Waals surface area (Å²) in [5, 5.41) is 13.3. The van der Waals surface area contributed by atoms with Gasteiger partial charge in [0.15, 0.2) is 0 Å². The first-order chi connectivity index (χ1) is 8.47. The number of nitrogens with one attached hydrogen (secondary N) is 1. The monoisotopic (exact) mass is 255 g/mol. The number of halogens is 1. The average molecular weight is 255 g/mol. The lowest BCUT2D eigenvalue weighted by atomic mass is 10.2. The van der Waals surface area contributed by atoms with Gasteiger partial charge in [0.2, 0.25) is 11.7 Å². The van der Waals surface area contributed by atoms with Crippen molar-refractivity contribution < 1.29 is 14.1 Å². The Morgan fingerprint density at radius 1 is 1.56 bits per heavy atom. The lowest BCUT2D eigenvalue weighted by Gasteiger charge is -2.15. The van der Waals surface area contributed by atoms with Crippen LogP contribution in [0.2, 0.25) is 0 Å². The van der Waals surface area contributed by atoms with Crippen molar-refractivity contribution in [2.45, 2.75) is 6.92 Å². The fourth-order valence-corrected chi connectivity index (χ4v) is 1.33. The summed E-state index contributed by atoms with van der Waals surface area (Å²) in [4.78, 5) is 22.9. The van der Waals surface area contributed by atoms with E-state index in [0.717, 1.165) is 6.07 Å². The first-order valence-corrected chi connectivity index (χ1v) is 5.38. The summed E-state index contributed by atoms with van der Waals surface area (Å²) in [6, 6.07) is 3.71. The van der Waals surface area contributed by atoms with E-state index in [1.165, 1.54) is 17.0 Å². The molecule has 1 aromatic rings. The van der Waals surface area contributed by atoms with Crippen LogP contribution in [0.15, 0.2) is 18.2 Å². The van der Waals surface area contributed by atoms with Crippen molar-refractivity contribution in [1.82, 2.24) is 4.90 Å². The molecule has 0 heterocycles. The molecular weight excluding hydrogens is 241 g/mol. The fourth-order valence-electron chi connectivity index (χ4n) is 1.33. The number of nitro benzene ring substituents is 1. The first kappa shape index (κ1) is 13.9. The summed E-state index contributed by atoms with van der Waals surface area (Å²) in [7, 11) is 1.62. The number of benzene rings is 1. The molecule has 0 saturated carbocycles. The molecule has 1 aromatic carbocycles. The number of amides is 1. The minimum atomic E-state index is -0.929. The topological polar surface area (TPSA) is 75.5 Å². The molecule has 0 atom stereocenters. The number of para-hydroxylation sites is 1. The van der Waals surface area contributed by atoms with Crippen LogP contribution in [-0.2, 0) is 4.79 Å². The van der Waals surface area contributed by atoms with Crippen molar-refractivity contribution in [2.24, 2.45) is 0 Å². The SMILES string of the molecule is CCN(C)C(=O)CNc1cccc(F)c1[N+](=O)[O-]. The van der Waals surface area contributed by atoms with Gasteiger partial charge in [-0.3, -0.25) is 14.9 Å². The highest BCUT2D eigenvalue weighted by atomic mass is 19.1. The number of nitro groups is 1. The van der Waals surface area contributed by atoms with E-state index in [1.807, 2.05) is 6.92 Å². The molecule has 0 fully saturated rings. The van der Waals surface area contributed by atoms with Gasteiger partial charge in [-0.1, -0.05) is 6.07 Å². The Bertz CT molecular complexity index is 465. The summed E-state index contributed by atoms with van der Waals surface area (Å²) in [6.07, 6.45) is 0. The van der Waals surface area contributed by atoms with Crippen molar-refractivity contribution in [3.05, 3.63) is 34.1 Å². The molecule has 0 saturated heterocycles. The van der Waals surface area contributed by atoms with Gasteiger partial charge in [-0.2, -0.15) is 4.39 Å². The van der Waals surface area contributed by atoms with Gasteiger partial charge in [0.25, 0.3) is 0 Å². The smallest absolute Gasteiger partial charge is 0.327 e. The van der Waals surface area contributed by atoms with Crippen molar-refractivity contribution >= 4 is 17.3 Å². The molecule has 18 heavy (non-hydrogen) atoms. The highest BCUT2D eigenvalue weighted by Crippen LogP contribution is 2.26. The van der Waals surface area contributed by atoms with Crippen LogP contribution in [0, 0.1) is 15.9 Å². The van der Waals surface area contributed by atoms with Gasteiger partial charge in [0.05, 0.1) is 11.5 Å². The second-order valence-corrected chi connectivity index (χ2v) is 3.65. The van der Waals surface area contributed by atoms with Crippen LogP contribution in [0.1, 0.15) is 6.92 Å². The van der Waals surface area contributed by atoms with E-state index in [-0.39, 0.29) is 18.1 Å². The van der Waals surface area contributed by atoms with E-state index >= 15 is 0 Å². The van der Waals surface area contributed by atoms with Crippen molar-refractivity contribution in [3.8, 4) is 0 Å². The van der Waals surface area contributed by atoms with Gasteiger partial charge in [-0.05, 0) is 19.1 Å². The molecule has 0 radical (unpaired) electrons. The van der Waals surface area contributed by atoms with Gasteiger partial charge in [0, 0.05) is 13.6 Å². The van der Waals surface area contributed by atoms with E-state index in [1.54, 1.807) is 7.05 Å². The van der Waals surface area contributed by atoms with Gasteiger partial charge in [-0.25, -0.2) is 0 Å². The zero-order chi connectivity index (χ0) is 13.7. The molecule has 0 aromatic heterocycles. The highest BCUT2D eigenvalue weighted by molar-refractivity contribution is 5.81. The van der Waals surface area contributed by atoms with Gasteiger partial charge >= 0.3 is 5.69 Å². The molecule has 6 nitrogen and oxygen atoms in total. The minimum absolute atomic E-state index is 0.00199. The van der Waals surface area contributed by atoms with Crippen LogP contribution in [-0.4, -0.2) is 35.9 Å². The lowest BCUT2D eigenvalue weighted by molar-refractivity contribution is -0.386. The molecule has 7 heteroatoms. The summed E-state index contributed by atoms with van der Waals surface area (Å²) >= 11 is 0. The van der Waals surface area contributed by atoms with Crippen molar-refractivity contribution in [1.29, 1.82) is 0 Å². The molecular formula is C11H14FN3O3. The summed E-state index contributed by atoms with van der Waals surface area (Å²) in [6.45, 7) is 2.23. The number of carbonyl (C=O) groups excluding carboxylic acids is 1. The second-order valence-electron chi connectivity index (χ2n) is 3.65. The summed E-state index contributed by atoms with van der Waals surface area (Å²) < 4.78 is 13.3. The molecule has 0 aliphatic carbocycles. The molecule has 0 aliphatic heterocycles.